The number of carbonyl (C=O) groups is 1. The van der Waals surface area contributed by atoms with Gasteiger partial charge in [-0.1, -0.05) is 12.1 Å². The molecule has 0 saturated heterocycles. The summed E-state index contributed by atoms with van der Waals surface area (Å²) in [6.07, 6.45) is 1.52. The van der Waals surface area contributed by atoms with Crippen LogP contribution in [0.4, 0.5) is 4.79 Å². The molecule has 0 saturated carbocycles. The van der Waals surface area contributed by atoms with Crippen molar-refractivity contribution in [2.45, 2.75) is 26.4 Å². The van der Waals surface area contributed by atoms with Gasteiger partial charge >= 0.3 is 5.43 Å². The normalized spacial score (nSPS) is 10.5. The van der Waals surface area contributed by atoms with E-state index in [1.165, 1.54) is 0 Å². The van der Waals surface area contributed by atoms with Gasteiger partial charge < -0.3 is 9.47 Å². The van der Waals surface area contributed by atoms with E-state index in [2.05, 4.69) is 14.7 Å². The number of carbonyl (C=O) groups excluding carboxylic acids is 1. The number of ether oxygens (including phenoxy) is 2. The van der Waals surface area contributed by atoms with Gasteiger partial charge in [-0.2, -0.15) is 0 Å². The van der Waals surface area contributed by atoms with Crippen LogP contribution in [0.2, 0.25) is 0 Å². The summed E-state index contributed by atoms with van der Waals surface area (Å²) in [6.45, 7) is 3.29. The molecule has 0 spiro atoms. The summed E-state index contributed by atoms with van der Waals surface area (Å²) < 4.78 is 10.2. The number of hydrogen-bond donors (Lipinski definition) is 0. The van der Waals surface area contributed by atoms with Crippen LogP contribution in [-0.2, 0) is 16.1 Å². The maximum atomic E-state index is 10.4. The van der Waals surface area contributed by atoms with Crippen LogP contribution in [0.3, 0.4) is 0 Å². The lowest BCUT2D eigenvalue weighted by Crippen LogP contribution is -2.02. The topological polar surface area (TPSA) is 61.3 Å². The molecule has 5 nitrogen and oxygen atoms in total. The fourth-order valence-corrected chi connectivity index (χ4v) is 2.10. The van der Waals surface area contributed by atoms with Gasteiger partial charge in [-0.15, -0.1) is 0 Å². The molecule has 0 aromatic carbocycles. The lowest BCUT2D eigenvalue weighted by atomic mass is 10.2. The highest BCUT2D eigenvalue weighted by Gasteiger charge is 2.03. The Hall–Kier alpha value is -1.98. The molecule has 0 unspecified atom stereocenters. The van der Waals surface area contributed by atoms with Crippen molar-refractivity contribution in [1.29, 1.82) is 0 Å². The maximum absolute atomic E-state index is 10.4. The Morgan fingerprint density at radius 3 is 2.48 bits per heavy atom. The second-order valence-corrected chi connectivity index (χ2v) is 5.33. The molecule has 6 heteroatoms. The van der Waals surface area contributed by atoms with E-state index in [1.807, 2.05) is 43.3 Å². The third-order valence-corrected chi connectivity index (χ3v) is 3.22. The molecule has 0 bridgehead atoms. The van der Waals surface area contributed by atoms with Crippen molar-refractivity contribution >= 4 is 17.0 Å². The van der Waals surface area contributed by atoms with Gasteiger partial charge in [0.25, 0.3) is 0 Å². The quantitative estimate of drug-likeness (QED) is 0.536. The van der Waals surface area contributed by atoms with E-state index in [-0.39, 0.29) is 0 Å². The third kappa shape index (κ3) is 6.34. The predicted molar refractivity (Wildman–Crippen MR) is 88.3 cm³/mol. The minimum absolute atomic E-state index is 0.318. The van der Waals surface area contributed by atoms with Gasteiger partial charge in [-0.3, -0.25) is 4.98 Å². The van der Waals surface area contributed by atoms with Gasteiger partial charge in [0.1, 0.15) is 0 Å². The Morgan fingerprint density at radius 2 is 1.74 bits per heavy atom. The van der Waals surface area contributed by atoms with Gasteiger partial charge in [-0.05, 0) is 44.0 Å². The van der Waals surface area contributed by atoms with Crippen LogP contribution < -0.4 is 0 Å². The summed E-state index contributed by atoms with van der Waals surface area (Å²) >= 11 is 5.07. The van der Waals surface area contributed by atoms with E-state index in [4.69, 9.17) is 16.3 Å². The summed E-state index contributed by atoms with van der Waals surface area (Å²) in [5.74, 6) is 0. The van der Waals surface area contributed by atoms with Crippen LogP contribution in [-0.4, -0.2) is 28.6 Å². The Morgan fingerprint density at radius 1 is 1.04 bits per heavy atom. The standard InChI is InChI=1S/C17H19ClN2O3/c1-13-6-4-8-15(19-13)16-9-5-7-14(20-16)12-22-10-2-3-11-23-17(18)21/h4-9H,2-3,10-12H2,1H3. The lowest BCUT2D eigenvalue weighted by Gasteiger charge is -2.06. The van der Waals surface area contributed by atoms with E-state index in [9.17, 15) is 4.79 Å². The first-order valence-electron chi connectivity index (χ1n) is 7.45. The van der Waals surface area contributed by atoms with Gasteiger partial charge in [0.2, 0.25) is 0 Å². The number of halogens is 1. The number of unbranched alkanes of at least 4 members (excludes halogenated alkanes) is 1. The molecular weight excluding hydrogens is 316 g/mol. The Kier molecular flexibility index (Phi) is 6.97. The highest BCUT2D eigenvalue weighted by molar-refractivity contribution is 6.61. The molecule has 0 fully saturated rings. The number of pyridine rings is 2. The van der Waals surface area contributed by atoms with Crippen molar-refractivity contribution in [1.82, 2.24) is 9.97 Å². The fraction of sp³-hybridized carbons (Fsp3) is 0.353. The van der Waals surface area contributed by atoms with Crippen molar-refractivity contribution in [3.63, 3.8) is 0 Å². The molecular formula is C17H19ClN2O3. The number of rotatable bonds is 8. The molecule has 2 aromatic rings. The number of nitrogens with zero attached hydrogens (tertiary/aromatic N) is 2. The average Bonchev–Trinajstić information content (AvgIpc) is 2.54. The highest BCUT2D eigenvalue weighted by Crippen LogP contribution is 2.15. The van der Waals surface area contributed by atoms with Gasteiger partial charge in [-0.25, -0.2) is 9.78 Å². The van der Waals surface area contributed by atoms with E-state index < -0.39 is 5.43 Å². The van der Waals surface area contributed by atoms with Crippen LogP contribution in [0.1, 0.15) is 24.2 Å². The molecule has 0 aliphatic heterocycles. The van der Waals surface area contributed by atoms with Gasteiger partial charge in [0.15, 0.2) is 0 Å². The van der Waals surface area contributed by atoms with E-state index in [0.717, 1.165) is 35.6 Å². The first kappa shape index (κ1) is 17.4. The van der Waals surface area contributed by atoms with Crippen molar-refractivity contribution in [3.05, 3.63) is 47.8 Å². The number of hydrogen-bond acceptors (Lipinski definition) is 5. The first-order valence-corrected chi connectivity index (χ1v) is 7.83. The zero-order chi connectivity index (χ0) is 16.5. The van der Waals surface area contributed by atoms with E-state index >= 15 is 0 Å². The SMILES string of the molecule is Cc1cccc(-c2cccc(COCCCCOC(=O)Cl)n2)n1. The molecule has 0 aliphatic rings. The Labute approximate surface area is 140 Å². The highest BCUT2D eigenvalue weighted by atomic mass is 35.5. The number of aryl methyl sites for hydroxylation is 1. The van der Waals surface area contributed by atoms with Crippen molar-refractivity contribution < 1.29 is 14.3 Å². The van der Waals surface area contributed by atoms with Crippen LogP contribution in [0.5, 0.6) is 0 Å². The minimum Gasteiger partial charge on any atom is -0.454 e. The summed E-state index contributed by atoms with van der Waals surface area (Å²) in [4.78, 5) is 19.4. The number of aromatic nitrogens is 2. The van der Waals surface area contributed by atoms with Crippen molar-refractivity contribution in [3.8, 4) is 11.4 Å². The van der Waals surface area contributed by atoms with Crippen LogP contribution in [0, 0.1) is 6.92 Å². The molecule has 2 rings (SSSR count). The second kappa shape index (κ2) is 9.22. The Bertz CT molecular complexity index is 649. The Balaban J connectivity index is 1.78. The molecule has 0 radical (unpaired) electrons. The molecule has 2 aromatic heterocycles. The maximum Gasteiger partial charge on any atom is 0.403 e. The third-order valence-electron chi connectivity index (χ3n) is 3.11. The lowest BCUT2D eigenvalue weighted by molar-refractivity contribution is 0.108. The molecule has 0 atom stereocenters. The largest absolute Gasteiger partial charge is 0.454 e. The van der Waals surface area contributed by atoms with E-state index in [1.54, 1.807) is 0 Å². The monoisotopic (exact) mass is 334 g/mol. The fourth-order valence-electron chi connectivity index (χ4n) is 2.02. The van der Waals surface area contributed by atoms with Crippen LogP contribution in [0.15, 0.2) is 36.4 Å². The summed E-state index contributed by atoms with van der Waals surface area (Å²) in [6, 6.07) is 11.7. The first-order chi connectivity index (χ1) is 11.1. The molecule has 23 heavy (non-hydrogen) atoms. The van der Waals surface area contributed by atoms with Crippen LogP contribution >= 0.6 is 11.6 Å². The zero-order valence-corrected chi connectivity index (χ0v) is 13.8. The molecule has 0 N–H and O–H groups in total. The molecule has 0 amide bonds. The summed E-state index contributed by atoms with van der Waals surface area (Å²) in [5.41, 5.74) is 2.75. The van der Waals surface area contributed by atoms with Gasteiger partial charge in [0.05, 0.1) is 30.3 Å². The van der Waals surface area contributed by atoms with Crippen LogP contribution in [0.25, 0.3) is 11.4 Å². The summed E-state index contributed by atoms with van der Waals surface area (Å²) in [5, 5.41) is 0. The predicted octanol–water partition coefficient (Wildman–Crippen LogP) is 4.12. The molecule has 2 heterocycles. The summed E-state index contributed by atoms with van der Waals surface area (Å²) in [7, 11) is 0. The minimum atomic E-state index is -0.767. The smallest absolute Gasteiger partial charge is 0.403 e. The zero-order valence-electron chi connectivity index (χ0n) is 13.0. The van der Waals surface area contributed by atoms with Crippen molar-refractivity contribution in [2.24, 2.45) is 0 Å². The van der Waals surface area contributed by atoms with E-state index in [0.29, 0.717) is 19.8 Å². The molecule has 0 aliphatic carbocycles. The average molecular weight is 335 g/mol. The second-order valence-electron chi connectivity index (χ2n) is 5.02. The molecule has 122 valence electrons. The van der Waals surface area contributed by atoms with Gasteiger partial charge in [0, 0.05) is 23.9 Å². The van der Waals surface area contributed by atoms with Crippen molar-refractivity contribution in [2.75, 3.05) is 13.2 Å².